The van der Waals surface area contributed by atoms with Crippen LogP contribution in [0.3, 0.4) is 0 Å². The summed E-state index contributed by atoms with van der Waals surface area (Å²) in [6.07, 6.45) is 0.700. The van der Waals surface area contributed by atoms with E-state index in [0.717, 1.165) is 30.8 Å². The SMILES string of the molecule is COc1ccc([C@@]23CCN(C(=O)Nc4ccc(F)c(F)c4F)C[C@@H]2CN(C)C3)cc1OC. The van der Waals surface area contributed by atoms with Crippen LogP contribution in [0.2, 0.25) is 0 Å². The zero-order chi connectivity index (χ0) is 23.0. The van der Waals surface area contributed by atoms with Crippen LogP contribution in [-0.4, -0.2) is 63.3 Å². The van der Waals surface area contributed by atoms with E-state index in [1.807, 2.05) is 25.2 Å². The number of hydrogen-bond acceptors (Lipinski definition) is 4. The molecule has 4 rings (SSSR count). The summed E-state index contributed by atoms with van der Waals surface area (Å²) in [7, 11) is 5.23. The molecular formula is C23H26F3N3O3. The number of halogens is 3. The Bertz CT molecular complexity index is 1040. The lowest BCUT2D eigenvalue weighted by atomic mass is 9.68. The summed E-state index contributed by atoms with van der Waals surface area (Å²) in [5, 5.41) is 2.38. The minimum Gasteiger partial charge on any atom is -0.493 e. The summed E-state index contributed by atoms with van der Waals surface area (Å²) >= 11 is 0. The van der Waals surface area contributed by atoms with Crippen LogP contribution < -0.4 is 14.8 Å². The number of anilines is 1. The monoisotopic (exact) mass is 449 g/mol. The highest BCUT2D eigenvalue weighted by Gasteiger charge is 2.50. The predicted molar refractivity (Wildman–Crippen MR) is 114 cm³/mol. The Hall–Kier alpha value is -2.94. The molecule has 0 spiro atoms. The van der Waals surface area contributed by atoms with Gasteiger partial charge in [-0.05, 0) is 43.3 Å². The van der Waals surface area contributed by atoms with Crippen LogP contribution in [0.25, 0.3) is 0 Å². The van der Waals surface area contributed by atoms with Crippen molar-refractivity contribution in [2.75, 3.05) is 52.8 Å². The molecule has 32 heavy (non-hydrogen) atoms. The van der Waals surface area contributed by atoms with Gasteiger partial charge >= 0.3 is 6.03 Å². The second-order valence-corrected chi connectivity index (χ2v) is 8.47. The summed E-state index contributed by atoms with van der Waals surface area (Å²) < 4.78 is 51.5. The Morgan fingerprint density at radius 3 is 2.53 bits per heavy atom. The standard InChI is InChI=1S/C23H26F3N3O3/c1-28-11-15-12-29(22(30)27-17-6-5-16(24)20(25)21(17)26)9-8-23(15,13-28)14-4-7-18(31-2)19(10-14)32-3/h4-7,10,15H,8-9,11-13H2,1-3H3,(H,27,30)/t15-,23-/m0/s1. The van der Waals surface area contributed by atoms with E-state index in [4.69, 9.17) is 9.47 Å². The molecule has 0 saturated carbocycles. The van der Waals surface area contributed by atoms with Crippen molar-refractivity contribution < 1.29 is 27.4 Å². The maximum Gasteiger partial charge on any atom is 0.321 e. The third-order valence-corrected chi connectivity index (χ3v) is 6.66. The first-order valence-corrected chi connectivity index (χ1v) is 10.4. The van der Waals surface area contributed by atoms with Crippen molar-refractivity contribution in [3.63, 3.8) is 0 Å². The Balaban J connectivity index is 1.55. The molecule has 0 aliphatic carbocycles. The number of fused-ring (bicyclic) bond motifs is 1. The van der Waals surface area contributed by atoms with Crippen LogP contribution in [0.5, 0.6) is 11.5 Å². The molecule has 2 atom stereocenters. The van der Waals surface area contributed by atoms with E-state index in [1.165, 1.54) is 0 Å². The topological polar surface area (TPSA) is 54.0 Å². The van der Waals surface area contributed by atoms with Gasteiger partial charge in [0.2, 0.25) is 0 Å². The zero-order valence-electron chi connectivity index (χ0n) is 18.3. The van der Waals surface area contributed by atoms with E-state index in [2.05, 4.69) is 10.2 Å². The molecular weight excluding hydrogens is 423 g/mol. The number of carbonyl (C=O) groups is 1. The summed E-state index contributed by atoms with van der Waals surface area (Å²) in [4.78, 5) is 16.6. The van der Waals surface area contributed by atoms with Crippen molar-refractivity contribution in [2.45, 2.75) is 11.8 Å². The lowest BCUT2D eigenvalue weighted by Crippen LogP contribution is -2.52. The molecule has 6 nitrogen and oxygen atoms in total. The number of amides is 2. The van der Waals surface area contributed by atoms with E-state index >= 15 is 0 Å². The van der Waals surface area contributed by atoms with E-state index in [-0.39, 0.29) is 17.0 Å². The fourth-order valence-corrected chi connectivity index (χ4v) is 5.05. The minimum atomic E-state index is -1.61. The van der Waals surface area contributed by atoms with Gasteiger partial charge in [0.1, 0.15) is 0 Å². The van der Waals surface area contributed by atoms with E-state index in [9.17, 15) is 18.0 Å². The largest absolute Gasteiger partial charge is 0.493 e. The maximum absolute atomic E-state index is 14.0. The van der Waals surface area contributed by atoms with Crippen LogP contribution in [-0.2, 0) is 5.41 Å². The lowest BCUT2D eigenvalue weighted by molar-refractivity contribution is 0.141. The van der Waals surface area contributed by atoms with Gasteiger partial charge < -0.3 is 24.6 Å². The van der Waals surface area contributed by atoms with Crippen molar-refractivity contribution in [3.8, 4) is 11.5 Å². The average molecular weight is 449 g/mol. The number of rotatable bonds is 4. The van der Waals surface area contributed by atoms with Gasteiger partial charge in [-0.3, -0.25) is 0 Å². The molecule has 172 valence electrons. The fourth-order valence-electron chi connectivity index (χ4n) is 5.05. The van der Waals surface area contributed by atoms with Gasteiger partial charge in [0.15, 0.2) is 29.0 Å². The number of likely N-dealkylation sites (N-methyl/N-ethyl adjacent to an activating group) is 1. The van der Waals surface area contributed by atoms with Crippen LogP contribution in [0.1, 0.15) is 12.0 Å². The Kier molecular flexibility index (Phi) is 5.94. The molecule has 9 heteroatoms. The molecule has 2 aromatic rings. The first-order chi connectivity index (χ1) is 15.3. The van der Waals surface area contributed by atoms with Crippen molar-refractivity contribution in [1.82, 2.24) is 9.80 Å². The van der Waals surface area contributed by atoms with Gasteiger partial charge in [0.05, 0.1) is 19.9 Å². The Morgan fingerprint density at radius 2 is 1.81 bits per heavy atom. The number of nitrogens with one attached hydrogen (secondary N) is 1. The molecule has 2 amide bonds. The van der Waals surface area contributed by atoms with E-state index in [0.29, 0.717) is 31.0 Å². The summed E-state index contributed by atoms with van der Waals surface area (Å²) in [5.41, 5.74) is 0.573. The van der Waals surface area contributed by atoms with Gasteiger partial charge in [-0.1, -0.05) is 6.07 Å². The number of urea groups is 1. The van der Waals surface area contributed by atoms with Crippen molar-refractivity contribution in [1.29, 1.82) is 0 Å². The van der Waals surface area contributed by atoms with Gasteiger partial charge in [0, 0.05) is 37.5 Å². The number of nitrogens with zero attached hydrogens (tertiary/aromatic N) is 2. The molecule has 0 unspecified atom stereocenters. The van der Waals surface area contributed by atoms with E-state index < -0.39 is 23.5 Å². The molecule has 2 aliphatic rings. The number of hydrogen-bond donors (Lipinski definition) is 1. The molecule has 2 aromatic carbocycles. The third kappa shape index (κ3) is 3.74. The number of piperidine rings is 1. The first-order valence-electron chi connectivity index (χ1n) is 10.4. The quantitative estimate of drug-likeness (QED) is 0.721. The first kappa shape index (κ1) is 22.3. The molecule has 0 aromatic heterocycles. The predicted octanol–water partition coefficient (Wildman–Crippen LogP) is 3.86. The molecule has 1 N–H and O–H groups in total. The average Bonchev–Trinajstić information content (AvgIpc) is 3.14. The number of likely N-dealkylation sites (tertiary alicyclic amines) is 2. The Labute approximate surface area is 184 Å². The van der Waals surface area contributed by atoms with Gasteiger partial charge in [-0.25, -0.2) is 18.0 Å². The number of carbonyl (C=O) groups excluding carboxylic acids is 1. The molecule has 2 heterocycles. The molecule has 2 aliphatic heterocycles. The third-order valence-electron chi connectivity index (χ3n) is 6.66. The van der Waals surface area contributed by atoms with Crippen molar-refractivity contribution >= 4 is 11.7 Å². The van der Waals surface area contributed by atoms with Crippen LogP contribution in [0.15, 0.2) is 30.3 Å². The summed E-state index contributed by atoms with van der Waals surface area (Å²) in [6, 6.07) is 7.21. The van der Waals surface area contributed by atoms with E-state index in [1.54, 1.807) is 19.1 Å². The highest BCUT2D eigenvalue weighted by molar-refractivity contribution is 5.89. The maximum atomic E-state index is 14.0. The van der Waals surface area contributed by atoms with Crippen LogP contribution >= 0.6 is 0 Å². The molecule has 0 bridgehead atoms. The van der Waals surface area contributed by atoms with Gasteiger partial charge in [-0.2, -0.15) is 0 Å². The Morgan fingerprint density at radius 1 is 1.06 bits per heavy atom. The second kappa shape index (κ2) is 8.54. The number of methoxy groups -OCH3 is 2. The van der Waals surface area contributed by atoms with Crippen molar-refractivity contribution in [3.05, 3.63) is 53.3 Å². The van der Waals surface area contributed by atoms with Gasteiger partial charge in [-0.15, -0.1) is 0 Å². The van der Waals surface area contributed by atoms with Crippen molar-refractivity contribution in [2.24, 2.45) is 5.92 Å². The van der Waals surface area contributed by atoms with Crippen LogP contribution in [0.4, 0.5) is 23.7 Å². The lowest BCUT2D eigenvalue weighted by Gasteiger charge is -2.44. The second-order valence-electron chi connectivity index (χ2n) is 8.47. The smallest absolute Gasteiger partial charge is 0.321 e. The molecule has 2 saturated heterocycles. The fraction of sp³-hybridized carbons (Fsp3) is 0.435. The molecule has 2 fully saturated rings. The highest BCUT2D eigenvalue weighted by Crippen LogP contribution is 2.46. The number of benzene rings is 2. The minimum absolute atomic E-state index is 0.139. The number of ether oxygens (including phenoxy) is 2. The van der Waals surface area contributed by atoms with Gasteiger partial charge in [0.25, 0.3) is 0 Å². The summed E-state index contributed by atoms with van der Waals surface area (Å²) in [6.45, 7) is 2.52. The van der Waals surface area contributed by atoms with Crippen LogP contribution in [0, 0.1) is 23.4 Å². The normalized spacial score (nSPS) is 23.1. The highest BCUT2D eigenvalue weighted by atomic mass is 19.2. The molecule has 0 radical (unpaired) electrons. The zero-order valence-corrected chi connectivity index (χ0v) is 18.3. The summed E-state index contributed by atoms with van der Waals surface area (Å²) in [5.74, 6) is -2.86.